The maximum Gasteiger partial charge on any atom is 0.407 e. The fourth-order valence-electron chi connectivity index (χ4n) is 4.45. The van der Waals surface area contributed by atoms with Crippen molar-refractivity contribution in [2.24, 2.45) is 4.99 Å². The third kappa shape index (κ3) is 7.49. The molecule has 0 saturated heterocycles. The van der Waals surface area contributed by atoms with E-state index in [1.165, 1.54) is 28.7 Å². The standard InChI is InChI=1S/C29H34F2N4O5/c1-5-9-21-26(31)22(30)15-19-14-20(32-27(19)21)17-35-13-8-10-18(28(35)38)16-24(36)23(33-29(39)40-4)11-6-7-12-25(37)34(2)3/h7-8,10,12-13,15,23H,5-6,9,11,14,16-17H2,1-4H3,(H,33,39)/b12-7+/t23-/m0/s1. The van der Waals surface area contributed by atoms with Gasteiger partial charge in [0.25, 0.3) is 5.56 Å². The van der Waals surface area contributed by atoms with E-state index < -0.39 is 35.1 Å². The predicted octanol–water partition coefficient (Wildman–Crippen LogP) is 3.67. The van der Waals surface area contributed by atoms with Gasteiger partial charge in [-0.3, -0.25) is 19.4 Å². The van der Waals surface area contributed by atoms with E-state index in [4.69, 9.17) is 0 Å². The minimum atomic E-state index is -0.935. The van der Waals surface area contributed by atoms with Crippen LogP contribution in [0.1, 0.15) is 42.9 Å². The Balaban J connectivity index is 1.75. The maximum absolute atomic E-state index is 14.4. The molecule has 1 aromatic carbocycles. The fraction of sp³-hybridized carbons (Fsp3) is 0.414. The van der Waals surface area contributed by atoms with Crippen molar-refractivity contribution in [3.8, 4) is 0 Å². The summed E-state index contributed by atoms with van der Waals surface area (Å²) in [6.07, 6.45) is 5.33. The normalized spacial score (nSPS) is 13.1. The molecule has 1 aliphatic heterocycles. The van der Waals surface area contributed by atoms with Crippen molar-refractivity contribution in [1.82, 2.24) is 14.8 Å². The first-order valence-electron chi connectivity index (χ1n) is 13.0. The number of carbonyl (C=O) groups is 3. The second-order valence-corrected chi connectivity index (χ2v) is 9.77. The molecule has 0 aliphatic carbocycles. The summed E-state index contributed by atoms with van der Waals surface area (Å²) in [5.74, 6) is -2.40. The van der Waals surface area contributed by atoms with Crippen LogP contribution >= 0.6 is 0 Å². The van der Waals surface area contributed by atoms with Gasteiger partial charge in [-0.1, -0.05) is 25.5 Å². The lowest BCUT2D eigenvalue weighted by Crippen LogP contribution is -2.42. The van der Waals surface area contributed by atoms with E-state index in [9.17, 15) is 28.0 Å². The van der Waals surface area contributed by atoms with Gasteiger partial charge in [0.2, 0.25) is 5.91 Å². The number of aliphatic imine (C=N–C) groups is 1. The number of benzene rings is 1. The Hall–Kier alpha value is -4.15. The number of likely N-dealkylation sites (N-methyl/N-ethyl adjacent to an activating group) is 1. The van der Waals surface area contributed by atoms with Crippen LogP contribution in [-0.2, 0) is 40.1 Å². The summed E-state index contributed by atoms with van der Waals surface area (Å²) in [5.41, 5.74) is 1.63. The van der Waals surface area contributed by atoms with Gasteiger partial charge in [0.15, 0.2) is 17.4 Å². The average Bonchev–Trinajstić information content (AvgIpc) is 3.31. The largest absolute Gasteiger partial charge is 0.453 e. The van der Waals surface area contributed by atoms with Crippen molar-refractivity contribution < 1.29 is 27.9 Å². The molecule has 1 aliphatic rings. The van der Waals surface area contributed by atoms with E-state index in [1.807, 2.05) is 6.92 Å². The quantitative estimate of drug-likeness (QED) is 0.401. The number of aromatic nitrogens is 1. The van der Waals surface area contributed by atoms with Crippen molar-refractivity contribution in [2.75, 3.05) is 21.2 Å². The highest BCUT2D eigenvalue weighted by Gasteiger charge is 2.25. The van der Waals surface area contributed by atoms with Crippen LogP contribution in [-0.4, -0.2) is 60.2 Å². The summed E-state index contributed by atoms with van der Waals surface area (Å²) >= 11 is 0. The molecule has 11 heteroatoms. The van der Waals surface area contributed by atoms with E-state index >= 15 is 0 Å². The molecule has 1 aromatic heterocycles. The lowest BCUT2D eigenvalue weighted by molar-refractivity contribution is -0.123. The Bertz CT molecular complexity index is 1400. The molecule has 214 valence electrons. The molecule has 2 aromatic rings. The number of halogens is 2. The number of alkyl carbamates (subject to hydrolysis) is 1. The smallest absolute Gasteiger partial charge is 0.407 e. The summed E-state index contributed by atoms with van der Waals surface area (Å²) < 4.78 is 34.5. The van der Waals surface area contributed by atoms with E-state index in [1.54, 1.807) is 32.4 Å². The molecular formula is C29H34F2N4O5. The van der Waals surface area contributed by atoms with Crippen LogP contribution in [0.15, 0.2) is 46.3 Å². The topological polar surface area (TPSA) is 110 Å². The molecule has 1 atom stereocenters. The zero-order valence-corrected chi connectivity index (χ0v) is 23.1. The van der Waals surface area contributed by atoms with Gasteiger partial charge in [-0.15, -0.1) is 0 Å². The third-order valence-corrected chi connectivity index (χ3v) is 6.54. The number of methoxy groups -OCH3 is 1. The van der Waals surface area contributed by atoms with Crippen LogP contribution in [0.25, 0.3) is 0 Å². The van der Waals surface area contributed by atoms with Gasteiger partial charge in [-0.25, -0.2) is 13.6 Å². The minimum absolute atomic E-state index is 0.0961. The Morgan fingerprint density at radius 3 is 2.70 bits per heavy atom. The maximum atomic E-state index is 14.4. The van der Waals surface area contributed by atoms with Gasteiger partial charge in [-0.05, 0) is 43.0 Å². The number of rotatable bonds is 12. The number of nitrogens with zero attached hydrogens (tertiary/aromatic N) is 3. The zero-order valence-electron chi connectivity index (χ0n) is 23.1. The van der Waals surface area contributed by atoms with Crippen LogP contribution < -0.4 is 10.9 Å². The van der Waals surface area contributed by atoms with E-state index in [0.29, 0.717) is 36.2 Å². The molecule has 0 saturated carbocycles. The Labute approximate surface area is 231 Å². The predicted molar refractivity (Wildman–Crippen MR) is 147 cm³/mol. The highest BCUT2D eigenvalue weighted by molar-refractivity contribution is 5.94. The number of ketones is 1. The number of allylic oxidation sites excluding steroid dienone is 1. The summed E-state index contributed by atoms with van der Waals surface area (Å²) in [7, 11) is 4.41. The molecular weight excluding hydrogens is 522 g/mol. The number of ether oxygens (including phenoxy) is 1. The first-order valence-corrected chi connectivity index (χ1v) is 13.0. The number of hydrogen-bond acceptors (Lipinski definition) is 6. The molecule has 0 spiro atoms. The molecule has 0 radical (unpaired) electrons. The van der Waals surface area contributed by atoms with Gasteiger partial charge in [0.1, 0.15) is 0 Å². The first-order chi connectivity index (χ1) is 19.0. The molecule has 0 unspecified atom stereocenters. The SMILES string of the molecule is CCCc1c(F)c(F)cc2c1N=C(Cn1cccc(CC(=O)[C@H](CC/C=C/C(=O)N(C)C)NC(=O)OC)c1=O)C2. The Morgan fingerprint density at radius 1 is 1.27 bits per heavy atom. The van der Waals surface area contributed by atoms with Gasteiger partial charge in [0, 0.05) is 50.0 Å². The number of amides is 2. The summed E-state index contributed by atoms with van der Waals surface area (Å²) in [6, 6.07) is 3.39. The highest BCUT2D eigenvalue weighted by atomic mass is 19.2. The van der Waals surface area contributed by atoms with Crippen LogP contribution in [0.3, 0.4) is 0 Å². The van der Waals surface area contributed by atoms with Crippen LogP contribution in [0.4, 0.5) is 19.3 Å². The third-order valence-electron chi connectivity index (χ3n) is 6.54. The van der Waals surface area contributed by atoms with Crippen molar-refractivity contribution in [3.05, 3.63) is 75.2 Å². The van der Waals surface area contributed by atoms with Crippen LogP contribution in [0.2, 0.25) is 0 Å². The van der Waals surface area contributed by atoms with E-state index in [0.717, 1.165) is 6.07 Å². The Morgan fingerprint density at radius 2 is 2.02 bits per heavy atom. The fourth-order valence-corrected chi connectivity index (χ4v) is 4.45. The number of fused-ring (bicyclic) bond motifs is 1. The number of nitrogens with one attached hydrogen (secondary N) is 1. The lowest BCUT2D eigenvalue weighted by Gasteiger charge is -2.16. The van der Waals surface area contributed by atoms with Crippen molar-refractivity contribution in [1.29, 1.82) is 0 Å². The molecule has 0 fully saturated rings. The zero-order chi connectivity index (χ0) is 29.4. The number of carbonyl (C=O) groups excluding carboxylic acids is 3. The van der Waals surface area contributed by atoms with E-state index in [-0.39, 0.29) is 42.8 Å². The number of Topliss-reactive ketones (excluding diaryl/α,β-unsaturated/α-hetero) is 1. The second-order valence-electron chi connectivity index (χ2n) is 9.77. The number of hydrogen-bond donors (Lipinski definition) is 1. The Kier molecular flexibility index (Phi) is 10.5. The molecule has 40 heavy (non-hydrogen) atoms. The van der Waals surface area contributed by atoms with E-state index in [2.05, 4.69) is 15.0 Å². The molecule has 2 heterocycles. The average molecular weight is 557 g/mol. The van der Waals surface area contributed by atoms with Gasteiger partial charge in [0.05, 0.1) is 25.4 Å². The summed E-state index contributed by atoms with van der Waals surface area (Å²) in [6.45, 7) is 1.97. The van der Waals surface area contributed by atoms with Gasteiger partial charge in [-0.2, -0.15) is 0 Å². The van der Waals surface area contributed by atoms with Crippen molar-refractivity contribution in [2.45, 2.75) is 58.0 Å². The second kappa shape index (κ2) is 13.8. The van der Waals surface area contributed by atoms with Crippen molar-refractivity contribution in [3.63, 3.8) is 0 Å². The lowest BCUT2D eigenvalue weighted by atomic mass is 10.0. The molecule has 2 amide bonds. The molecule has 0 bridgehead atoms. The van der Waals surface area contributed by atoms with Gasteiger partial charge < -0.3 is 19.5 Å². The molecule has 1 N–H and O–H groups in total. The summed E-state index contributed by atoms with van der Waals surface area (Å²) in [5, 5.41) is 2.50. The monoisotopic (exact) mass is 556 g/mol. The first kappa shape index (κ1) is 30.4. The van der Waals surface area contributed by atoms with Crippen LogP contribution in [0, 0.1) is 11.6 Å². The highest BCUT2D eigenvalue weighted by Crippen LogP contribution is 2.35. The molecule has 3 rings (SSSR count). The number of pyridine rings is 1. The van der Waals surface area contributed by atoms with Crippen molar-refractivity contribution >= 4 is 29.2 Å². The summed E-state index contributed by atoms with van der Waals surface area (Å²) in [4.78, 5) is 55.8. The minimum Gasteiger partial charge on any atom is -0.453 e. The van der Waals surface area contributed by atoms with Gasteiger partial charge >= 0.3 is 6.09 Å². The van der Waals surface area contributed by atoms with Crippen LogP contribution in [0.5, 0.6) is 0 Å². The molecule has 9 nitrogen and oxygen atoms in total.